The Morgan fingerprint density at radius 1 is 1.38 bits per heavy atom. The Hall–Kier alpha value is -2.25. The highest BCUT2D eigenvalue weighted by molar-refractivity contribution is 5.94. The lowest BCUT2D eigenvalue weighted by Gasteiger charge is -2.24. The summed E-state index contributed by atoms with van der Waals surface area (Å²) in [5, 5.41) is 11.4. The van der Waals surface area contributed by atoms with E-state index in [2.05, 4.69) is 5.16 Å². The van der Waals surface area contributed by atoms with Gasteiger partial charge in [0, 0.05) is 24.6 Å². The van der Waals surface area contributed by atoms with Crippen molar-refractivity contribution in [2.45, 2.75) is 13.8 Å². The predicted molar refractivity (Wildman–Crippen MR) is 70.5 cm³/mol. The molecule has 0 aliphatic carbocycles. The molecule has 0 aliphatic heterocycles. The zero-order valence-electron chi connectivity index (χ0n) is 11.6. The number of nitrogens with two attached hydrogens (primary N) is 1. The van der Waals surface area contributed by atoms with Crippen molar-refractivity contribution in [1.82, 2.24) is 4.90 Å². The molecule has 0 saturated carbocycles. The maximum absolute atomic E-state index is 13.2. The lowest BCUT2D eigenvalue weighted by atomic mass is 10.1. The van der Waals surface area contributed by atoms with Crippen LogP contribution in [0.1, 0.15) is 24.2 Å². The van der Waals surface area contributed by atoms with Gasteiger partial charge in [0.1, 0.15) is 5.84 Å². The van der Waals surface area contributed by atoms with E-state index >= 15 is 0 Å². The number of nitrogens with zero attached hydrogens (tertiary/aromatic N) is 2. The van der Waals surface area contributed by atoms with E-state index in [4.69, 9.17) is 10.9 Å². The molecule has 3 N–H and O–H groups in total. The summed E-state index contributed by atoms with van der Waals surface area (Å²) < 4.78 is 39.2. The van der Waals surface area contributed by atoms with E-state index in [0.29, 0.717) is 12.1 Å². The third-order valence-electron chi connectivity index (χ3n) is 3.01. The van der Waals surface area contributed by atoms with Crippen LogP contribution >= 0.6 is 0 Å². The first-order valence-corrected chi connectivity index (χ1v) is 6.23. The van der Waals surface area contributed by atoms with Crippen molar-refractivity contribution >= 4 is 11.7 Å². The van der Waals surface area contributed by atoms with Gasteiger partial charge in [0.05, 0.1) is 0 Å². The van der Waals surface area contributed by atoms with E-state index < -0.39 is 29.3 Å². The first-order valence-electron chi connectivity index (χ1n) is 6.23. The number of carbonyl (C=O) groups excluding carboxylic acids is 1. The van der Waals surface area contributed by atoms with Gasteiger partial charge in [-0.15, -0.1) is 0 Å². The number of carbonyl (C=O) groups is 1. The Morgan fingerprint density at radius 2 is 1.90 bits per heavy atom. The largest absolute Gasteiger partial charge is 0.409 e. The second-order valence-electron chi connectivity index (χ2n) is 4.52. The fourth-order valence-electron chi connectivity index (χ4n) is 1.74. The molecule has 116 valence electrons. The van der Waals surface area contributed by atoms with Crippen LogP contribution in [-0.4, -0.2) is 34.9 Å². The summed E-state index contributed by atoms with van der Waals surface area (Å²) in [5.74, 6) is -5.68. The number of hydrogen-bond donors (Lipinski definition) is 2. The van der Waals surface area contributed by atoms with E-state index in [1.54, 1.807) is 13.8 Å². The minimum Gasteiger partial charge on any atom is -0.409 e. The molecule has 5 nitrogen and oxygen atoms in total. The maximum atomic E-state index is 13.2. The number of benzene rings is 1. The van der Waals surface area contributed by atoms with Gasteiger partial charge < -0.3 is 15.8 Å². The number of amides is 1. The minimum absolute atomic E-state index is 0.0716. The van der Waals surface area contributed by atoms with Gasteiger partial charge in [0.25, 0.3) is 5.91 Å². The lowest BCUT2D eigenvalue weighted by Crippen LogP contribution is -2.38. The Balaban J connectivity index is 2.99. The first kappa shape index (κ1) is 16.8. The Kier molecular flexibility index (Phi) is 5.57. The van der Waals surface area contributed by atoms with Gasteiger partial charge in [-0.05, 0) is 19.1 Å². The molecule has 0 aromatic heterocycles. The summed E-state index contributed by atoms with van der Waals surface area (Å²) in [6, 6.07) is 1.27. The van der Waals surface area contributed by atoms with Crippen molar-refractivity contribution < 1.29 is 23.2 Å². The second kappa shape index (κ2) is 6.96. The molecule has 0 spiro atoms. The fraction of sp³-hybridized carbons (Fsp3) is 0.385. The van der Waals surface area contributed by atoms with Crippen molar-refractivity contribution in [3.05, 3.63) is 35.1 Å². The van der Waals surface area contributed by atoms with E-state index in [-0.39, 0.29) is 24.5 Å². The smallest absolute Gasteiger partial charge is 0.254 e. The van der Waals surface area contributed by atoms with E-state index in [0.717, 1.165) is 0 Å². The fourth-order valence-corrected chi connectivity index (χ4v) is 1.74. The molecule has 1 rings (SSSR count). The second-order valence-corrected chi connectivity index (χ2v) is 4.52. The molecular weight excluding hydrogens is 287 g/mol. The number of amidine groups is 1. The normalized spacial score (nSPS) is 13.1. The van der Waals surface area contributed by atoms with Crippen molar-refractivity contribution in [3.63, 3.8) is 0 Å². The number of halogens is 3. The standard InChI is InChI=1S/C13H16F3N3O2/c1-3-19(6-7(2)12(17)18-21)13(20)8-4-9(14)11(16)10(15)5-8/h4-5,7,21H,3,6H2,1-2H3,(H2,17,18). The molecule has 0 bridgehead atoms. The van der Waals surface area contributed by atoms with Gasteiger partial charge in [-0.2, -0.15) is 0 Å². The Labute approximate surface area is 119 Å². The number of hydrogen-bond acceptors (Lipinski definition) is 3. The zero-order chi connectivity index (χ0) is 16.2. The highest BCUT2D eigenvalue weighted by atomic mass is 19.2. The van der Waals surface area contributed by atoms with Crippen LogP contribution in [0.15, 0.2) is 17.3 Å². The molecule has 0 fully saturated rings. The highest BCUT2D eigenvalue weighted by Gasteiger charge is 2.21. The van der Waals surface area contributed by atoms with Gasteiger partial charge in [0.15, 0.2) is 17.5 Å². The van der Waals surface area contributed by atoms with Crippen LogP contribution in [0, 0.1) is 23.4 Å². The average Bonchev–Trinajstić information content (AvgIpc) is 2.47. The van der Waals surface area contributed by atoms with Crippen LogP contribution in [0.3, 0.4) is 0 Å². The predicted octanol–water partition coefficient (Wildman–Crippen LogP) is 1.95. The minimum atomic E-state index is -1.63. The summed E-state index contributed by atoms with van der Waals surface area (Å²) in [6.07, 6.45) is 0. The van der Waals surface area contributed by atoms with Gasteiger partial charge in [-0.1, -0.05) is 12.1 Å². The molecule has 21 heavy (non-hydrogen) atoms. The Morgan fingerprint density at radius 3 is 2.33 bits per heavy atom. The molecule has 1 amide bonds. The third-order valence-corrected chi connectivity index (χ3v) is 3.01. The van der Waals surface area contributed by atoms with Crippen LogP contribution in [0.2, 0.25) is 0 Å². The quantitative estimate of drug-likeness (QED) is 0.287. The highest BCUT2D eigenvalue weighted by Crippen LogP contribution is 2.16. The monoisotopic (exact) mass is 303 g/mol. The van der Waals surface area contributed by atoms with Crippen LogP contribution in [-0.2, 0) is 0 Å². The van der Waals surface area contributed by atoms with E-state index in [1.807, 2.05) is 0 Å². The molecule has 8 heteroatoms. The maximum Gasteiger partial charge on any atom is 0.254 e. The van der Waals surface area contributed by atoms with Crippen molar-refractivity contribution in [1.29, 1.82) is 0 Å². The third kappa shape index (κ3) is 3.87. The molecular formula is C13H16F3N3O2. The molecule has 1 atom stereocenters. The lowest BCUT2D eigenvalue weighted by molar-refractivity contribution is 0.0752. The molecule has 0 radical (unpaired) electrons. The SMILES string of the molecule is CCN(CC(C)C(N)=NO)C(=O)c1cc(F)c(F)c(F)c1. The van der Waals surface area contributed by atoms with Crippen LogP contribution < -0.4 is 5.73 Å². The summed E-state index contributed by atoms with van der Waals surface area (Å²) in [5.41, 5.74) is 5.11. The summed E-state index contributed by atoms with van der Waals surface area (Å²) in [7, 11) is 0. The number of rotatable bonds is 5. The number of oxime groups is 1. The average molecular weight is 303 g/mol. The van der Waals surface area contributed by atoms with Gasteiger partial charge in [0.2, 0.25) is 0 Å². The molecule has 0 aliphatic rings. The van der Waals surface area contributed by atoms with Gasteiger partial charge in [-0.25, -0.2) is 13.2 Å². The van der Waals surface area contributed by atoms with Crippen molar-refractivity contribution in [2.24, 2.45) is 16.8 Å². The van der Waals surface area contributed by atoms with E-state index in [1.165, 1.54) is 4.90 Å². The summed E-state index contributed by atoms with van der Waals surface area (Å²) in [4.78, 5) is 13.4. The molecule has 0 heterocycles. The van der Waals surface area contributed by atoms with Gasteiger partial charge >= 0.3 is 0 Å². The summed E-state index contributed by atoms with van der Waals surface area (Å²) in [6.45, 7) is 3.61. The zero-order valence-corrected chi connectivity index (χ0v) is 11.6. The van der Waals surface area contributed by atoms with Crippen molar-refractivity contribution in [2.75, 3.05) is 13.1 Å². The van der Waals surface area contributed by atoms with Crippen molar-refractivity contribution in [3.8, 4) is 0 Å². The van der Waals surface area contributed by atoms with Gasteiger partial charge in [-0.3, -0.25) is 4.79 Å². The Bertz CT molecular complexity index is 541. The van der Waals surface area contributed by atoms with Crippen LogP contribution in [0.4, 0.5) is 13.2 Å². The van der Waals surface area contributed by atoms with Crippen LogP contribution in [0.5, 0.6) is 0 Å². The molecule has 1 aromatic carbocycles. The summed E-state index contributed by atoms with van der Waals surface area (Å²) >= 11 is 0. The van der Waals surface area contributed by atoms with E-state index in [9.17, 15) is 18.0 Å². The molecule has 0 saturated heterocycles. The topological polar surface area (TPSA) is 78.9 Å². The first-order chi connectivity index (χ1) is 9.81. The molecule has 1 aromatic rings. The molecule has 1 unspecified atom stereocenters. The van der Waals surface area contributed by atoms with Crippen LogP contribution in [0.25, 0.3) is 0 Å².